The molecule has 2 aromatic rings. The predicted octanol–water partition coefficient (Wildman–Crippen LogP) is 4.61. The van der Waals surface area contributed by atoms with Gasteiger partial charge in [0.25, 0.3) is 0 Å². The molecule has 3 nitrogen and oxygen atoms in total. The maximum absolute atomic E-state index is 12.8. The largest absolute Gasteiger partial charge is 0.489 e. The molecule has 2 heterocycles. The van der Waals surface area contributed by atoms with Crippen LogP contribution in [-0.2, 0) is 6.18 Å². The molecule has 0 aliphatic heterocycles. The van der Waals surface area contributed by atoms with Crippen molar-refractivity contribution in [3.8, 4) is 17.0 Å². The molecule has 0 amide bonds. The van der Waals surface area contributed by atoms with E-state index in [9.17, 15) is 13.2 Å². The fourth-order valence-corrected chi connectivity index (χ4v) is 2.00. The van der Waals surface area contributed by atoms with E-state index >= 15 is 0 Å². The van der Waals surface area contributed by atoms with Crippen molar-refractivity contribution < 1.29 is 17.9 Å². The highest BCUT2D eigenvalue weighted by Crippen LogP contribution is 2.32. The van der Waals surface area contributed by atoms with Crippen LogP contribution in [0.1, 0.15) is 19.4 Å². The molecule has 21 heavy (non-hydrogen) atoms. The molecule has 112 valence electrons. The summed E-state index contributed by atoms with van der Waals surface area (Å²) >= 11 is 4.85. The molecular formula is C14H13F3N2OS. The lowest BCUT2D eigenvalue weighted by molar-refractivity contribution is -0.137. The summed E-state index contributed by atoms with van der Waals surface area (Å²) in [5.74, 6) is 0.485. The molecule has 0 radical (unpaired) electrons. The number of hydrogen-bond acceptors (Lipinski definition) is 3. The van der Waals surface area contributed by atoms with Crippen molar-refractivity contribution in [2.24, 2.45) is 0 Å². The van der Waals surface area contributed by atoms with Gasteiger partial charge in [-0.1, -0.05) is 12.2 Å². The number of nitrogens with one attached hydrogen (secondary N) is 1. The normalized spacial score (nSPS) is 11.7. The van der Waals surface area contributed by atoms with Gasteiger partial charge in [0.1, 0.15) is 10.4 Å². The number of aromatic amines is 1. The van der Waals surface area contributed by atoms with E-state index in [1.54, 1.807) is 6.07 Å². The highest BCUT2D eigenvalue weighted by Gasteiger charge is 2.31. The third-order valence-corrected chi connectivity index (χ3v) is 2.79. The first-order chi connectivity index (χ1) is 9.75. The molecule has 0 fully saturated rings. The van der Waals surface area contributed by atoms with Crippen molar-refractivity contribution in [3.05, 3.63) is 40.8 Å². The standard InChI is InChI=1S/C14H13F3N2OS/c1-8(2)20-11-3-9(6-18-7-11)12-4-10(14(15,16)17)5-13(21)19-12/h3-8H,1-2H3,(H,19,21). The van der Waals surface area contributed by atoms with Crippen LogP contribution in [0.25, 0.3) is 11.3 Å². The second-order valence-electron chi connectivity index (χ2n) is 4.72. The van der Waals surface area contributed by atoms with Gasteiger partial charge in [-0.15, -0.1) is 0 Å². The van der Waals surface area contributed by atoms with Crippen LogP contribution in [0.2, 0.25) is 0 Å². The van der Waals surface area contributed by atoms with Crippen molar-refractivity contribution in [1.82, 2.24) is 9.97 Å². The van der Waals surface area contributed by atoms with Crippen LogP contribution >= 0.6 is 12.2 Å². The number of rotatable bonds is 3. The number of alkyl halides is 3. The van der Waals surface area contributed by atoms with Crippen molar-refractivity contribution in [1.29, 1.82) is 0 Å². The number of nitrogens with zero attached hydrogens (tertiary/aromatic N) is 1. The lowest BCUT2D eigenvalue weighted by atomic mass is 10.1. The minimum atomic E-state index is -4.45. The Bertz CT molecular complexity index is 695. The van der Waals surface area contributed by atoms with Gasteiger partial charge >= 0.3 is 6.18 Å². The molecule has 2 aromatic heterocycles. The Labute approximate surface area is 124 Å². The van der Waals surface area contributed by atoms with E-state index in [0.29, 0.717) is 11.3 Å². The molecule has 0 saturated heterocycles. The summed E-state index contributed by atoms with van der Waals surface area (Å²) in [4.78, 5) is 6.71. The van der Waals surface area contributed by atoms with Crippen LogP contribution in [0.15, 0.2) is 30.6 Å². The number of H-pyrrole nitrogens is 1. The molecule has 0 saturated carbocycles. The van der Waals surface area contributed by atoms with Gasteiger partial charge in [0, 0.05) is 17.5 Å². The lowest BCUT2D eigenvalue weighted by Gasteiger charge is -2.12. The molecule has 0 aliphatic rings. The molecule has 0 aliphatic carbocycles. The summed E-state index contributed by atoms with van der Waals surface area (Å²) in [5, 5.41) is 0. The van der Waals surface area contributed by atoms with Crippen LogP contribution < -0.4 is 4.74 Å². The van der Waals surface area contributed by atoms with Crippen molar-refractivity contribution in [3.63, 3.8) is 0 Å². The average Bonchev–Trinajstić information content (AvgIpc) is 2.36. The van der Waals surface area contributed by atoms with E-state index in [4.69, 9.17) is 17.0 Å². The lowest BCUT2D eigenvalue weighted by Crippen LogP contribution is -2.07. The van der Waals surface area contributed by atoms with E-state index in [1.165, 1.54) is 12.4 Å². The molecule has 1 N–H and O–H groups in total. The third kappa shape index (κ3) is 4.04. The molecule has 0 aromatic carbocycles. The summed E-state index contributed by atoms with van der Waals surface area (Å²) in [6.07, 6.45) is -1.54. The fourth-order valence-electron chi connectivity index (χ4n) is 1.77. The van der Waals surface area contributed by atoms with Gasteiger partial charge in [-0.05, 0) is 32.0 Å². The van der Waals surface area contributed by atoms with Crippen LogP contribution in [0.3, 0.4) is 0 Å². The topological polar surface area (TPSA) is 37.9 Å². The van der Waals surface area contributed by atoms with E-state index in [-0.39, 0.29) is 16.4 Å². The van der Waals surface area contributed by atoms with Gasteiger partial charge in [0.2, 0.25) is 0 Å². The van der Waals surface area contributed by atoms with Gasteiger partial charge in [-0.3, -0.25) is 4.98 Å². The summed E-state index contributed by atoms with van der Waals surface area (Å²) in [6, 6.07) is 3.51. The molecule has 0 atom stereocenters. The van der Waals surface area contributed by atoms with Crippen LogP contribution in [0, 0.1) is 4.64 Å². The first kappa shape index (κ1) is 15.5. The predicted molar refractivity (Wildman–Crippen MR) is 75.6 cm³/mol. The zero-order chi connectivity index (χ0) is 15.6. The Balaban J connectivity index is 2.47. The summed E-state index contributed by atoms with van der Waals surface area (Å²) in [7, 11) is 0. The average molecular weight is 314 g/mol. The fraction of sp³-hybridized carbons (Fsp3) is 0.286. The van der Waals surface area contributed by atoms with Crippen LogP contribution in [0.5, 0.6) is 5.75 Å². The van der Waals surface area contributed by atoms with E-state index in [1.807, 2.05) is 13.8 Å². The summed E-state index contributed by atoms with van der Waals surface area (Å²) < 4.78 is 43.9. The number of aromatic nitrogens is 2. The van der Waals surface area contributed by atoms with Crippen molar-refractivity contribution in [2.45, 2.75) is 26.1 Å². The Morgan fingerprint density at radius 2 is 1.90 bits per heavy atom. The van der Waals surface area contributed by atoms with Gasteiger partial charge < -0.3 is 9.72 Å². The first-order valence-electron chi connectivity index (χ1n) is 6.19. The first-order valence-corrected chi connectivity index (χ1v) is 6.60. The smallest absolute Gasteiger partial charge is 0.416 e. The number of ether oxygens (including phenoxy) is 1. The molecule has 0 unspecified atom stereocenters. The second kappa shape index (κ2) is 5.85. The van der Waals surface area contributed by atoms with Gasteiger partial charge in [-0.25, -0.2) is 0 Å². The zero-order valence-electron chi connectivity index (χ0n) is 11.4. The third-order valence-electron chi connectivity index (χ3n) is 2.57. The Morgan fingerprint density at radius 3 is 2.52 bits per heavy atom. The molecule has 0 spiro atoms. The molecule has 7 heteroatoms. The van der Waals surface area contributed by atoms with Gasteiger partial charge in [-0.2, -0.15) is 13.2 Å². The Morgan fingerprint density at radius 1 is 1.19 bits per heavy atom. The maximum Gasteiger partial charge on any atom is 0.416 e. The number of halogens is 3. The van der Waals surface area contributed by atoms with Crippen molar-refractivity contribution in [2.75, 3.05) is 0 Å². The summed E-state index contributed by atoms with van der Waals surface area (Å²) in [5.41, 5.74) is -0.0710. The highest BCUT2D eigenvalue weighted by atomic mass is 32.1. The molecular weight excluding hydrogens is 301 g/mol. The zero-order valence-corrected chi connectivity index (χ0v) is 12.2. The molecule has 0 bridgehead atoms. The highest BCUT2D eigenvalue weighted by molar-refractivity contribution is 7.71. The Kier molecular flexibility index (Phi) is 4.32. The second-order valence-corrected chi connectivity index (χ2v) is 5.16. The Hall–Kier alpha value is -1.89. The van der Waals surface area contributed by atoms with Crippen molar-refractivity contribution >= 4 is 12.2 Å². The SMILES string of the molecule is CC(C)Oc1cncc(-c2cc(C(F)(F)F)cc(=S)[nH]2)c1. The van der Waals surface area contributed by atoms with Gasteiger partial charge in [0.15, 0.2) is 0 Å². The number of hydrogen-bond donors (Lipinski definition) is 1. The minimum absolute atomic E-state index is 0.00926. The van der Waals surface area contributed by atoms with Crippen LogP contribution in [0.4, 0.5) is 13.2 Å². The quantitative estimate of drug-likeness (QED) is 0.841. The van der Waals surface area contributed by atoms with E-state index < -0.39 is 11.7 Å². The summed E-state index contributed by atoms with van der Waals surface area (Å²) in [6.45, 7) is 3.70. The maximum atomic E-state index is 12.8. The van der Waals surface area contributed by atoms with E-state index in [2.05, 4.69) is 9.97 Å². The monoisotopic (exact) mass is 314 g/mol. The van der Waals surface area contributed by atoms with Gasteiger partial charge in [0.05, 0.1) is 17.9 Å². The molecule has 2 rings (SSSR count). The minimum Gasteiger partial charge on any atom is -0.489 e. The van der Waals surface area contributed by atoms with E-state index in [0.717, 1.165) is 12.1 Å². The number of pyridine rings is 2. The van der Waals surface area contributed by atoms with Crippen LogP contribution in [-0.4, -0.2) is 16.1 Å².